The minimum atomic E-state index is -2.92. The van der Waals surface area contributed by atoms with Crippen LogP contribution in [0.5, 0.6) is 11.5 Å². The molecular weight excluding hydrogens is 356 g/mol. The molecule has 0 spiro atoms. The van der Waals surface area contributed by atoms with E-state index in [4.69, 9.17) is 16.3 Å². The van der Waals surface area contributed by atoms with Gasteiger partial charge in [0.25, 0.3) is 5.91 Å². The van der Waals surface area contributed by atoms with Gasteiger partial charge in [-0.25, -0.2) is 0 Å². The van der Waals surface area contributed by atoms with Gasteiger partial charge in [-0.3, -0.25) is 9.48 Å². The number of alkyl halides is 2. The summed E-state index contributed by atoms with van der Waals surface area (Å²) in [5.74, 6) is -0.154. The normalized spacial score (nSPS) is 10.8. The first-order valence-corrected chi connectivity index (χ1v) is 7.80. The highest BCUT2D eigenvalue weighted by Gasteiger charge is 2.18. The number of nitrogens with zero attached hydrogens (tertiary/aromatic N) is 2. The van der Waals surface area contributed by atoms with Crippen molar-refractivity contribution in [2.45, 2.75) is 20.0 Å². The standard InChI is InChI=1S/C16H18ClF2N3O3/c1-9-13(14(17)22(2)21-9)15(23)20-7-6-10-4-5-11(25-16(18)19)12(8-10)24-3/h4-5,8,16H,6-7H2,1-3H3,(H,20,23). The van der Waals surface area contributed by atoms with Crippen molar-refractivity contribution in [3.63, 3.8) is 0 Å². The summed E-state index contributed by atoms with van der Waals surface area (Å²) >= 11 is 6.05. The molecular formula is C16H18ClF2N3O3. The van der Waals surface area contributed by atoms with Crippen LogP contribution in [0.15, 0.2) is 18.2 Å². The van der Waals surface area contributed by atoms with Crippen LogP contribution in [-0.2, 0) is 13.5 Å². The van der Waals surface area contributed by atoms with Crippen molar-refractivity contribution < 1.29 is 23.0 Å². The molecule has 1 amide bonds. The number of carbonyl (C=O) groups excluding carboxylic acids is 1. The Morgan fingerprint density at radius 1 is 1.40 bits per heavy atom. The van der Waals surface area contributed by atoms with Gasteiger partial charge in [0.05, 0.1) is 18.4 Å². The highest BCUT2D eigenvalue weighted by molar-refractivity contribution is 6.33. The molecule has 0 aliphatic heterocycles. The molecule has 9 heteroatoms. The van der Waals surface area contributed by atoms with E-state index in [2.05, 4.69) is 15.2 Å². The second-order valence-corrected chi connectivity index (χ2v) is 5.60. The van der Waals surface area contributed by atoms with Gasteiger partial charge in [0, 0.05) is 13.6 Å². The Labute approximate surface area is 148 Å². The molecule has 25 heavy (non-hydrogen) atoms. The van der Waals surface area contributed by atoms with Crippen LogP contribution < -0.4 is 14.8 Å². The van der Waals surface area contributed by atoms with E-state index in [0.29, 0.717) is 24.2 Å². The molecule has 2 aromatic rings. The fourth-order valence-corrected chi connectivity index (χ4v) is 2.62. The topological polar surface area (TPSA) is 65.4 Å². The van der Waals surface area contributed by atoms with Crippen LogP contribution in [0, 0.1) is 6.92 Å². The number of amides is 1. The molecule has 1 heterocycles. The third-order valence-corrected chi connectivity index (χ3v) is 3.96. The number of hydrogen-bond donors (Lipinski definition) is 1. The first kappa shape index (κ1) is 19.0. The Morgan fingerprint density at radius 2 is 2.12 bits per heavy atom. The van der Waals surface area contributed by atoms with Gasteiger partial charge in [0.2, 0.25) is 0 Å². The summed E-state index contributed by atoms with van der Waals surface area (Å²) in [5.41, 5.74) is 1.68. The smallest absolute Gasteiger partial charge is 0.387 e. The molecule has 0 saturated heterocycles. The highest BCUT2D eigenvalue weighted by atomic mass is 35.5. The largest absolute Gasteiger partial charge is 0.493 e. The fraction of sp³-hybridized carbons (Fsp3) is 0.375. The van der Waals surface area contributed by atoms with E-state index < -0.39 is 6.61 Å². The average molecular weight is 374 g/mol. The number of hydrogen-bond acceptors (Lipinski definition) is 4. The summed E-state index contributed by atoms with van der Waals surface area (Å²) in [6.07, 6.45) is 0.480. The number of carbonyl (C=O) groups is 1. The Morgan fingerprint density at radius 3 is 2.68 bits per heavy atom. The molecule has 0 aliphatic rings. The van der Waals surface area contributed by atoms with Gasteiger partial charge < -0.3 is 14.8 Å². The van der Waals surface area contributed by atoms with E-state index in [1.165, 1.54) is 17.9 Å². The monoisotopic (exact) mass is 373 g/mol. The molecule has 1 N–H and O–H groups in total. The minimum absolute atomic E-state index is 0.0388. The zero-order chi connectivity index (χ0) is 18.6. The first-order chi connectivity index (χ1) is 11.8. The van der Waals surface area contributed by atoms with Crippen LogP contribution in [0.3, 0.4) is 0 Å². The average Bonchev–Trinajstić information content (AvgIpc) is 2.80. The zero-order valence-electron chi connectivity index (χ0n) is 14.0. The number of ether oxygens (including phenoxy) is 2. The summed E-state index contributed by atoms with van der Waals surface area (Å²) in [4.78, 5) is 12.2. The van der Waals surface area contributed by atoms with Crippen LogP contribution in [-0.4, -0.2) is 36.0 Å². The van der Waals surface area contributed by atoms with Crippen molar-refractivity contribution in [2.75, 3.05) is 13.7 Å². The summed E-state index contributed by atoms with van der Waals surface area (Å²) in [6, 6.07) is 4.63. The van der Waals surface area contributed by atoms with Gasteiger partial charge in [-0.05, 0) is 31.0 Å². The lowest BCUT2D eigenvalue weighted by Gasteiger charge is -2.11. The molecule has 0 atom stereocenters. The van der Waals surface area contributed by atoms with E-state index in [1.54, 1.807) is 26.1 Å². The molecule has 2 rings (SSSR count). The van der Waals surface area contributed by atoms with Crippen LogP contribution >= 0.6 is 11.6 Å². The third kappa shape index (κ3) is 4.60. The Kier molecular flexibility index (Phi) is 6.19. The van der Waals surface area contributed by atoms with Gasteiger partial charge in [-0.15, -0.1) is 0 Å². The van der Waals surface area contributed by atoms with Crippen LogP contribution in [0.1, 0.15) is 21.6 Å². The molecule has 0 aliphatic carbocycles. The van der Waals surface area contributed by atoms with Crippen molar-refractivity contribution in [3.05, 3.63) is 40.2 Å². The van der Waals surface area contributed by atoms with Crippen molar-refractivity contribution >= 4 is 17.5 Å². The number of aryl methyl sites for hydroxylation is 2. The molecule has 1 aromatic heterocycles. The summed E-state index contributed by atoms with van der Waals surface area (Å²) in [6.45, 7) is -0.888. The van der Waals surface area contributed by atoms with Crippen LogP contribution in [0.25, 0.3) is 0 Å². The predicted molar refractivity (Wildman–Crippen MR) is 88.6 cm³/mol. The van der Waals surface area contributed by atoms with E-state index in [-0.39, 0.29) is 22.6 Å². The zero-order valence-corrected chi connectivity index (χ0v) is 14.7. The molecule has 0 fully saturated rings. The van der Waals surface area contributed by atoms with Crippen LogP contribution in [0.2, 0.25) is 5.15 Å². The summed E-state index contributed by atoms with van der Waals surface area (Å²) in [7, 11) is 3.02. The molecule has 1 aromatic carbocycles. The van der Waals surface area contributed by atoms with Gasteiger partial charge in [-0.1, -0.05) is 17.7 Å². The Balaban J connectivity index is 1.98. The lowest BCUT2D eigenvalue weighted by atomic mass is 10.1. The van der Waals surface area contributed by atoms with Crippen molar-refractivity contribution in [1.82, 2.24) is 15.1 Å². The Bertz CT molecular complexity index is 765. The number of halogens is 3. The number of aromatic nitrogens is 2. The van der Waals surface area contributed by atoms with E-state index in [1.807, 2.05) is 0 Å². The lowest BCUT2D eigenvalue weighted by Crippen LogP contribution is -2.26. The van der Waals surface area contributed by atoms with Gasteiger partial charge in [0.15, 0.2) is 11.5 Å². The predicted octanol–water partition coefficient (Wildman–Crippen LogP) is 2.96. The SMILES string of the molecule is COc1cc(CCNC(=O)c2c(C)nn(C)c2Cl)ccc1OC(F)F. The second-order valence-electron chi connectivity index (χ2n) is 5.24. The van der Waals surface area contributed by atoms with Gasteiger partial charge in [-0.2, -0.15) is 13.9 Å². The third-order valence-electron chi connectivity index (χ3n) is 3.52. The quantitative estimate of drug-likeness (QED) is 0.810. The molecule has 0 saturated carbocycles. The van der Waals surface area contributed by atoms with Gasteiger partial charge >= 0.3 is 6.61 Å². The van der Waals surface area contributed by atoms with Crippen molar-refractivity contribution in [2.24, 2.45) is 7.05 Å². The van der Waals surface area contributed by atoms with E-state index in [9.17, 15) is 13.6 Å². The number of rotatable bonds is 7. The lowest BCUT2D eigenvalue weighted by molar-refractivity contribution is -0.0512. The van der Waals surface area contributed by atoms with E-state index >= 15 is 0 Å². The molecule has 0 bridgehead atoms. The molecule has 136 valence electrons. The minimum Gasteiger partial charge on any atom is -0.493 e. The molecule has 6 nitrogen and oxygen atoms in total. The number of benzene rings is 1. The Hall–Kier alpha value is -2.35. The van der Waals surface area contributed by atoms with Gasteiger partial charge in [0.1, 0.15) is 5.15 Å². The number of methoxy groups -OCH3 is 1. The number of nitrogens with one attached hydrogen (secondary N) is 1. The summed E-state index contributed by atoms with van der Waals surface area (Å²) in [5, 5.41) is 7.11. The highest BCUT2D eigenvalue weighted by Crippen LogP contribution is 2.29. The maximum Gasteiger partial charge on any atom is 0.387 e. The fourth-order valence-electron chi connectivity index (χ4n) is 2.36. The summed E-state index contributed by atoms with van der Waals surface area (Å²) < 4.78 is 35.5. The molecule has 0 unspecified atom stereocenters. The maximum absolute atomic E-state index is 12.3. The molecule has 0 radical (unpaired) electrons. The van der Waals surface area contributed by atoms with Crippen molar-refractivity contribution in [1.29, 1.82) is 0 Å². The van der Waals surface area contributed by atoms with Crippen molar-refractivity contribution in [3.8, 4) is 11.5 Å². The second kappa shape index (κ2) is 8.15. The first-order valence-electron chi connectivity index (χ1n) is 7.42. The maximum atomic E-state index is 12.3. The van der Waals surface area contributed by atoms with E-state index in [0.717, 1.165) is 5.56 Å². The van der Waals surface area contributed by atoms with Crippen LogP contribution in [0.4, 0.5) is 8.78 Å².